The quantitative estimate of drug-likeness (QED) is 0.800. The molecule has 0 spiro atoms. The van der Waals surface area contributed by atoms with Crippen molar-refractivity contribution in [2.45, 2.75) is 13.0 Å². The zero-order chi connectivity index (χ0) is 15.8. The van der Waals surface area contributed by atoms with Crippen LogP contribution in [0.4, 0.5) is 0 Å². The molecular formula is C17H18N4OS. The number of aromatic nitrogens is 2. The van der Waals surface area contributed by atoms with Crippen LogP contribution in [-0.4, -0.2) is 33.3 Å². The van der Waals surface area contributed by atoms with Gasteiger partial charge < -0.3 is 5.73 Å². The molecule has 118 valence electrons. The summed E-state index contributed by atoms with van der Waals surface area (Å²) in [6, 6.07) is 10.3. The van der Waals surface area contributed by atoms with Crippen LogP contribution in [0.1, 0.15) is 12.1 Å². The van der Waals surface area contributed by atoms with Gasteiger partial charge in [-0.25, -0.2) is 4.98 Å². The Morgan fingerprint density at radius 2 is 2.17 bits per heavy atom. The minimum absolute atomic E-state index is 0.0268. The molecule has 1 atom stereocenters. The maximum atomic E-state index is 11.4. The van der Waals surface area contributed by atoms with Gasteiger partial charge in [-0.05, 0) is 13.0 Å². The molecule has 1 aliphatic heterocycles. The number of primary amides is 1. The molecule has 2 aromatic heterocycles. The Hall–Kier alpha value is -2.18. The van der Waals surface area contributed by atoms with Crippen LogP contribution in [-0.2, 0) is 11.3 Å². The van der Waals surface area contributed by atoms with Gasteiger partial charge in [-0.15, -0.1) is 11.3 Å². The van der Waals surface area contributed by atoms with Gasteiger partial charge in [-0.3, -0.25) is 14.1 Å². The molecule has 5 nitrogen and oxygen atoms in total. The lowest BCUT2D eigenvalue weighted by Crippen LogP contribution is -2.27. The van der Waals surface area contributed by atoms with Crippen LogP contribution < -0.4 is 5.73 Å². The van der Waals surface area contributed by atoms with E-state index in [2.05, 4.69) is 33.0 Å². The van der Waals surface area contributed by atoms with Gasteiger partial charge in [0.15, 0.2) is 4.96 Å². The molecule has 1 aliphatic rings. The summed E-state index contributed by atoms with van der Waals surface area (Å²) in [5.74, 6) is -0.217. The molecule has 0 bridgehead atoms. The molecule has 1 saturated heterocycles. The molecule has 0 aliphatic carbocycles. The molecule has 1 amide bonds. The molecule has 0 saturated carbocycles. The van der Waals surface area contributed by atoms with Gasteiger partial charge in [-0.1, -0.05) is 30.3 Å². The summed E-state index contributed by atoms with van der Waals surface area (Å²) in [7, 11) is 0. The van der Waals surface area contributed by atoms with E-state index in [1.807, 2.05) is 18.2 Å². The van der Waals surface area contributed by atoms with E-state index in [0.717, 1.165) is 42.3 Å². The van der Waals surface area contributed by atoms with Gasteiger partial charge in [-0.2, -0.15) is 0 Å². The Labute approximate surface area is 138 Å². The number of hydrogen-bond donors (Lipinski definition) is 1. The topological polar surface area (TPSA) is 63.6 Å². The Morgan fingerprint density at radius 3 is 2.91 bits per heavy atom. The maximum Gasteiger partial charge on any atom is 0.221 e. The number of fused-ring (bicyclic) bond motifs is 1. The van der Waals surface area contributed by atoms with Crippen molar-refractivity contribution in [3.8, 4) is 11.3 Å². The van der Waals surface area contributed by atoms with Crippen molar-refractivity contribution in [3.63, 3.8) is 0 Å². The first-order chi connectivity index (χ1) is 11.2. The molecular weight excluding hydrogens is 308 g/mol. The van der Waals surface area contributed by atoms with Crippen molar-refractivity contribution >= 4 is 22.2 Å². The van der Waals surface area contributed by atoms with Crippen molar-refractivity contribution < 1.29 is 4.79 Å². The first-order valence-corrected chi connectivity index (χ1v) is 8.62. The van der Waals surface area contributed by atoms with Crippen LogP contribution in [0.25, 0.3) is 16.2 Å². The van der Waals surface area contributed by atoms with Crippen molar-refractivity contribution in [2.75, 3.05) is 13.1 Å². The molecule has 3 heterocycles. The summed E-state index contributed by atoms with van der Waals surface area (Å²) in [5, 5.41) is 2.05. The van der Waals surface area contributed by atoms with E-state index in [1.165, 1.54) is 5.69 Å². The summed E-state index contributed by atoms with van der Waals surface area (Å²) in [4.78, 5) is 19.5. The van der Waals surface area contributed by atoms with E-state index in [0.29, 0.717) is 0 Å². The lowest BCUT2D eigenvalue weighted by molar-refractivity contribution is -0.121. The number of benzene rings is 1. The normalized spacial score (nSPS) is 18.7. The summed E-state index contributed by atoms with van der Waals surface area (Å²) in [5.41, 5.74) is 8.78. The van der Waals surface area contributed by atoms with Crippen LogP contribution in [0.3, 0.4) is 0 Å². The van der Waals surface area contributed by atoms with Crippen LogP contribution in [0.5, 0.6) is 0 Å². The predicted octanol–water partition coefficient (Wildman–Crippen LogP) is 2.37. The number of likely N-dealkylation sites (tertiary alicyclic amines) is 1. The van der Waals surface area contributed by atoms with E-state index in [9.17, 15) is 4.79 Å². The lowest BCUT2D eigenvalue weighted by Gasteiger charge is -2.16. The number of hydrogen-bond acceptors (Lipinski definition) is 4. The number of rotatable bonds is 4. The standard InChI is InChI=1S/C17H18N4OS/c18-16(22)13-6-7-20(10-13)11-14-15(12-4-2-1-3-5-12)19-17-21(14)8-9-23-17/h1-5,8-9,13H,6-7,10-11H2,(H2,18,22)/t13-/m0/s1. The molecule has 2 N–H and O–H groups in total. The highest BCUT2D eigenvalue weighted by atomic mass is 32.1. The molecule has 1 fully saturated rings. The van der Waals surface area contributed by atoms with E-state index < -0.39 is 0 Å². The highest BCUT2D eigenvalue weighted by Crippen LogP contribution is 2.29. The van der Waals surface area contributed by atoms with Crippen molar-refractivity contribution in [3.05, 3.63) is 47.6 Å². The van der Waals surface area contributed by atoms with Gasteiger partial charge in [0.1, 0.15) is 0 Å². The highest BCUT2D eigenvalue weighted by molar-refractivity contribution is 7.15. The van der Waals surface area contributed by atoms with Crippen LogP contribution in [0.15, 0.2) is 41.9 Å². The Kier molecular flexibility index (Phi) is 3.63. The number of nitrogens with zero attached hydrogens (tertiary/aromatic N) is 3. The minimum Gasteiger partial charge on any atom is -0.369 e. The van der Waals surface area contributed by atoms with Gasteiger partial charge in [0.25, 0.3) is 0 Å². The Morgan fingerprint density at radius 1 is 1.35 bits per heavy atom. The zero-order valence-electron chi connectivity index (χ0n) is 12.7. The number of amides is 1. The molecule has 6 heteroatoms. The fourth-order valence-electron chi connectivity index (χ4n) is 3.23. The largest absolute Gasteiger partial charge is 0.369 e. The van der Waals surface area contributed by atoms with Crippen molar-refractivity contribution in [1.82, 2.24) is 14.3 Å². The summed E-state index contributed by atoms with van der Waals surface area (Å²) in [6.07, 6.45) is 2.91. The van der Waals surface area contributed by atoms with E-state index in [1.54, 1.807) is 11.3 Å². The molecule has 1 aromatic carbocycles. The van der Waals surface area contributed by atoms with Crippen LogP contribution in [0, 0.1) is 5.92 Å². The van der Waals surface area contributed by atoms with E-state index in [4.69, 9.17) is 10.7 Å². The van der Waals surface area contributed by atoms with Crippen molar-refractivity contribution in [2.24, 2.45) is 11.7 Å². The number of nitrogens with two attached hydrogens (primary N) is 1. The fourth-order valence-corrected chi connectivity index (χ4v) is 3.96. The SMILES string of the molecule is NC(=O)[C@H]1CCN(Cc2c(-c3ccccc3)nc3sccn23)C1. The van der Waals surface area contributed by atoms with Gasteiger partial charge in [0.05, 0.1) is 17.3 Å². The minimum atomic E-state index is -0.190. The molecule has 0 unspecified atom stereocenters. The Balaban J connectivity index is 1.68. The average Bonchev–Trinajstić information content (AvgIpc) is 3.26. The molecule has 23 heavy (non-hydrogen) atoms. The smallest absolute Gasteiger partial charge is 0.221 e. The average molecular weight is 326 g/mol. The van der Waals surface area contributed by atoms with Gasteiger partial charge in [0.2, 0.25) is 5.91 Å². The molecule has 0 radical (unpaired) electrons. The second-order valence-corrected chi connectivity index (χ2v) is 6.82. The third-order valence-electron chi connectivity index (χ3n) is 4.46. The van der Waals surface area contributed by atoms with Crippen LogP contribution in [0.2, 0.25) is 0 Å². The highest BCUT2D eigenvalue weighted by Gasteiger charge is 2.28. The number of carbonyl (C=O) groups is 1. The lowest BCUT2D eigenvalue weighted by atomic mass is 10.1. The summed E-state index contributed by atoms with van der Waals surface area (Å²) >= 11 is 1.64. The Bertz CT molecular complexity index is 839. The number of carbonyl (C=O) groups excluding carboxylic acids is 1. The summed E-state index contributed by atoms with van der Waals surface area (Å²) in [6.45, 7) is 2.42. The second-order valence-electron chi connectivity index (χ2n) is 5.95. The zero-order valence-corrected chi connectivity index (χ0v) is 13.5. The van der Waals surface area contributed by atoms with E-state index >= 15 is 0 Å². The van der Waals surface area contributed by atoms with Gasteiger partial charge >= 0.3 is 0 Å². The summed E-state index contributed by atoms with van der Waals surface area (Å²) < 4.78 is 2.16. The third kappa shape index (κ3) is 2.64. The van der Waals surface area contributed by atoms with Crippen LogP contribution >= 0.6 is 11.3 Å². The monoisotopic (exact) mass is 326 g/mol. The first kappa shape index (κ1) is 14.4. The first-order valence-electron chi connectivity index (χ1n) is 7.74. The third-order valence-corrected chi connectivity index (χ3v) is 5.21. The molecule has 3 aromatic rings. The number of imidazole rings is 1. The number of thiazole rings is 1. The predicted molar refractivity (Wildman–Crippen MR) is 91.1 cm³/mol. The van der Waals surface area contributed by atoms with Crippen molar-refractivity contribution in [1.29, 1.82) is 0 Å². The second kappa shape index (κ2) is 5.79. The maximum absolute atomic E-state index is 11.4. The van der Waals surface area contributed by atoms with Gasteiger partial charge in [0, 0.05) is 30.2 Å². The van der Waals surface area contributed by atoms with E-state index in [-0.39, 0.29) is 11.8 Å². The molecule has 4 rings (SSSR count). The fraction of sp³-hybridized carbons (Fsp3) is 0.294.